The highest BCUT2D eigenvalue weighted by atomic mass is 19.1. The van der Waals surface area contributed by atoms with E-state index in [1.165, 1.54) is 4.90 Å². The lowest BCUT2D eigenvalue weighted by atomic mass is 10.3. The SMILES string of the molecule is CCN(CC)C(F)CC(=O)F. The first kappa shape index (κ1) is 10.5. The van der Waals surface area contributed by atoms with E-state index in [0.717, 1.165) is 0 Å². The normalized spacial score (nSPS) is 13.5. The summed E-state index contributed by atoms with van der Waals surface area (Å²) in [4.78, 5) is 11.2. The maximum atomic E-state index is 12.8. The average molecular weight is 165 g/mol. The molecule has 66 valence electrons. The van der Waals surface area contributed by atoms with Crippen LogP contribution in [0.25, 0.3) is 0 Å². The molecule has 4 heteroatoms. The predicted octanol–water partition coefficient (Wildman–Crippen LogP) is 1.51. The molecular weight excluding hydrogens is 152 g/mol. The minimum absolute atomic E-state index is 0.491. The van der Waals surface area contributed by atoms with E-state index in [4.69, 9.17) is 0 Å². The number of hydrogen-bond donors (Lipinski definition) is 0. The number of carbonyl (C=O) groups excluding carboxylic acids is 1. The van der Waals surface area contributed by atoms with Crippen molar-refractivity contribution in [2.75, 3.05) is 13.1 Å². The standard InChI is InChI=1S/C7H13F2NO/c1-3-10(4-2)6(8)5-7(9)11/h6H,3-5H2,1-2H3. The summed E-state index contributed by atoms with van der Waals surface area (Å²) in [5.41, 5.74) is 0. The maximum absolute atomic E-state index is 12.8. The minimum Gasteiger partial charge on any atom is -0.274 e. The van der Waals surface area contributed by atoms with Crippen LogP contribution < -0.4 is 0 Å². The first-order chi connectivity index (χ1) is 5.11. The summed E-state index contributed by atoms with van der Waals surface area (Å²) in [5.74, 6) is 0. The summed E-state index contributed by atoms with van der Waals surface area (Å²) in [7, 11) is 0. The fraction of sp³-hybridized carbons (Fsp3) is 0.857. The minimum atomic E-state index is -1.59. The molecule has 0 N–H and O–H groups in total. The Hall–Kier alpha value is -0.510. The van der Waals surface area contributed by atoms with E-state index in [0.29, 0.717) is 13.1 Å². The Bertz CT molecular complexity index is 126. The largest absolute Gasteiger partial charge is 0.305 e. The molecule has 11 heavy (non-hydrogen) atoms. The Balaban J connectivity index is 3.78. The number of alkyl halides is 1. The Kier molecular flexibility index (Phi) is 4.94. The van der Waals surface area contributed by atoms with Crippen molar-refractivity contribution in [3.63, 3.8) is 0 Å². The van der Waals surface area contributed by atoms with Gasteiger partial charge in [0.25, 0.3) is 0 Å². The molecule has 0 aliphatic heterocycles. The van der Waals surface area contributed by atoms with Crippen LogP contribution in [0.2, 0.25) is 0 Å². The van der Waals surface area contributed by atoms with Gasteiger partial charge in [0.2, 0.25) is 0 Å². The Morgan fingerprint density at radius 1 is 1.45 bits per heavy atom. The summed E-state index contributed by atoms with van der Waals surface area (Å²) < 4.78 is 24.5. The fourth-order valence-electron chi connectivity index (χ4n) is 0.881. The molecule has 0 fully saturated rings. The van der Waals surface area contributed by atoms with Crippen molar-refractivity contribution >= 4 is 6.04 Å². The second-order valence-electron chi connectivity index (χ2n) is 2.21. The van der Waals surface area contributed by atoms with E-state index in [2.05, 4.69) is 0 Å². The first-order valence-corrected chi connectivity index (χ1v) is 3.68. The van der Waals surface area contributed by atoms with Crippen molar-refractivity contribution in [3.8, 4) is 0 Å². The summed E-state index contributed by atoms with van der Waals surface area (Å²) in [6.45, 7) is 4.51. The van der Waals surface area contributed by atoms with Gasteiger partial charge in [0.1, 0.15) is 0 Å². The number of halogens is 2. The smallest absolute Gasteiger partial charge is 0.274 e. The van der Waals surface area contributed by atoms with Crippen LogP contribution in [0, 0.1) is 0 Å². The highest BCUT2D eigenvalue weighted by molar-refractivity contribution is 5.68. The van der Waals surface area contributed by atoms with Gasteiger partial charge in [-0.15, -0.1) is 0 Å². The van der Waals surface area contributed by atoms with Crippen LogP contribution >= 0.6 is 0 Å². The second-order valence-corrected chi connectivity index (χ2v) is 2.21. The molecule has 1 atom stereocenters. The van der Waals surface area contributed by atoms with Gasteiger partial charge in [-0.2, -0.15) is 4.39 Å². The van der Waals surface area contributed by atoms with Gasteiger partial charge in [-0.1, -0.05) is 13.8 Å². The topological polar surface area (TPSA) is 20.3 Å². The molecule has 0 amide bonds. The highest BCUT2D eigenvalue weighted by Gasteiger charge is 2.17. The third-order valence-electron chi connectivity index (χ3n) is 1.54. The average Bonchev–Trinajstić information content (AvgIpc) is 1.88. The number of rotatable bonds is 5. The zero-order valence-electron chi connectivity index (χ0n) is 6.81. The van der Waals surface area contributed by atoms with Gasteiger partial charge < -0.3 is 0 Å². The lowest BCUT2D eigenvalue weighted by Gasteiger charge is -2.20. The van der Waals surface area contributed by atoms with Crippen molar-refractivity contribution in [1.82, 2.24) is 4.90 Å². The van der Waals surface area contributed by atoms with Crippen LogP contribution in [0.5, 0.6) is 0 Å². The molecule has 0 aliphatic carbocycles. The molecule has 0 aromatic heterocycles. The van der Waals surface area contributed by atoms with Gasteiger partial charge in [0.05, 0.1) is 6.42 Å². The van der Waals surface area contributed by atoms with E-state index in [1.54, 1.807) is 13.8 Å². The molecule has 0 heterocycles. The van der Waals surface area contributed by atoms with Crippen LogP contribution in [0.4, 0.5) is 8.78 Å². The van der Waals surface area contributed by atoms with E-state index >= 15 is 0 Å². The van der Waals surface area contributed by atoms with E-state index < -0.39 is 18.8 Å². The quantitative estimate of drug-likeness (QED) is 0.454. The van der Waals surface area contributed by atoms with Gasteiger partial charge in [0, 0.05) is 0 Å². The van der Waals surface area contributed by atoms with Crippen LogP contribution in [-0.2, 0) is 4.79 Å². The highest BCUT2D eigenvalue weighted by Crippen LogP contribution is 2.05. The van der Waals surface area contributed by atoms with Crippen LogP contribution in [-0.4, -0.2) is 30.3 Å². The third-order valence-corrected chi connectivity index (χ3v) is 1.54. The van der Waals surface area contributed by atoms with Crippen molar-refractivity contribution in [3.05, 3.63) is 0 Å². The van der Waals surface area contributed by atoms with Gasteiger partial charge in [-0.05, 0) is 13.1 Å². The molecule has 0 saturated heterocycles. The zero-order valence-corrected chi connectivity index (χ0v) is 6.81. The second kappa shape index (κ2) is 5.18. The molecule has 0 aromatic carbocycles. The molecule has 0 radical (unpaired) electrons. The van der Waals surface area contributed by atoms with Crippen molar-refractivity contribution in [2.24, 2.45) is 0 Å². The molecule has 0 spiro atoms. The van der Waals surface area contributed by atoms with Crippen LogP contribution in [0.15, 0.2) is 0 Å². The number of carbonyl (C=O) groups is 1. The summed E-state index contributed by atoms with van der Waals surface area (Å²) in [5, 5.41) is 0. The molecule has 0 aromatic rings. The van der Waals surface area contributed by atoms with Gasteiger partial charge in [-0.3, -0.25) is 9.69 Å². The van der Waals surface area contributed by atoms with Gasteiger partial charge in [0.15, 0.2) is 6.30 Å². The first-order valence-electron chi connectivity index (χ1n) is 3.68. The van der Waals surface area contributed by atoms with Crippen LogP contribution in [0.1, 0.15) is 20.3 Å². The van der Waals surface area contributed by atoms with Crippen molar-refractivity contribution in [1.29, 1.82) is 0 Å². The lowest BCUT2D eigenvalue weighted by molar-refractivity contribution is -0.132. The molecule has 0 saturated carbocycles. The van der Waals surface area contributed by atoms with Crippen LogP contribution in [0.3, 0.4) is 0 Å². The van der Waals surface area contributed by atoms with E-state index in [1.807, 2.05) is 0 Å². The molecular formula is C7H13F2NO. The Labute approximate surface area is 65.2 Å². The van der Waals surface area contributed by atoms with E-state index in [9.17, 15) is 13.6 Å². The zero-order chi connectivity index (χ0) is 8.85. The summed E-state index contributed by atoms with van der Waals surface area (Å²) in [6, 6.07) is -1.59. The summed E-state index contributed by atoms with van der Waals surface area (Å²) in [6.07, 6.45) is -2.12. The van der Waals surface area contributed by atoms with E-state index in [-0.39, 0.29) is 0 Å². The molecule has 1 unspecified atom stereocenters. The van der Waals surface area contributed by atoms with Gasteiger partial charge >= 0.3 is 6.04 Å². The van der Waals surface area contributed by atoms with Gasteiger partial charge in [-0.25, -0.2) is 4.39 Å². The Morgan fingerprint density at radius 3 is 2.18 bits per heavy atom. The molecule has 0 bridgehead atoms. The molecule has 0 aliphatic rings. The molecule has 2 nitrogen and oxygen atoms in total. The van der Waals surface area contributed by atoms with Crippen molar-refractivity contribution in [2.45, 2.75) is 26.6 Å². The fourth-order valence-corrected chi connectivity index (χ4v) is 0.881. The maximum Gasteiger partial charge on any atom is 0.305 e. The molecule has 0 rings (SSSR count). The predicted molar refractivity (Wildman–Crippen MR) is 38.5 cm³/mol. The monoisotopic (exact) mass is 165 g/mol. The summed E-state index contributed by atoms with van der Waals surface area (Å²) >= 11 is 0. The lowest BCUT2D eigenvalue weighted by Crippen LogP contribution is -2.32. The number of hydrogen-bond acceptors (Lipinski definition) is 2. The van der Waals surface area contributed by atoms with Crippen molar-refractivity contribution < 1.29 is 13.6 Å². The third kappa shape index (κ3) is 4.03. The number of nitrogens with zero attached hydrogens (tertiary/aromatic N) is 1. The Morgan fingerprint density at radius 2 is 1.91 bits per heavy atom.